The zero-order chi connectivity index (χ0) is 13.8. The van der Waals surface area contributed by atoms with E-state index < -0.39 is 0 Å². The molecule has 0 saturated carbocycles. The lowest BCUT2D eigenvalue weighted by Crippen LogP contribution is -2.08. The molecule has 1 aliphatic rings. The topological polar surface area (TPSA) is 35.2 Å². The molecule has 1 heterocycles. The number of ether oxygens (including phenoxy) is 1. The molecule has 0 amide bonds. The normalized spacial score (nSPS) is 13.7. The van der Waals surface area contributed by atoms with Gasteiger partial charge in [0.05, 0.1) is 6.61 Å². The second-order valence-electron chi connectivity index (χ2n) is 5.43. The lowest BCUT2D eigenvalue weighted by atomic mass is 9.98. The van der Waals surface area contributed by atoms with E-state index in [1.807, 2.05) is 0 Å². The van der Waals surface area contributed by atoms with Crippen molar-refractivity contribution in [3.8, 4) is 5.75 Å². The Kier molecular flexibility index (Phi) is 4.03. The highest BCUT2D eigenvalue weighted by Crippen LogP contribution is 2.26. The molecule has 0 fully saturated rings. The number of hydrogen-bond donors (Lipinski definition) is 1. The molecule has 0 saturated heterocycles. The van der Waals surface area contributed by atoms with Gasteiger partial charge in [-0.25, -0.2) is 0 Å². The van der Waals surface area contributed by atoms with Gasteiger partial charge in [0.1, 0.15) is 5.75 Å². The van der Waals surface area contributed by atoms with E-state index in [1.165, 1.54) is 22.3 Å². The van der Waals surface area contributed by atoms with Gasteiger partial charge in [0, 0.05) is 0 Å². The van der Waals surface area contributed by atoms with E-state index in [9.17, 15) is 0 Å². The van der Waals surface area contributed by atoms with Gasteiger partial charge in [-0.15, -0.1) is 0 Å². The van der Waals surface area contributed by atoms with E-state index in [0.29, 0.717) is 6.54 Å². The molecule has 2 aromatic carbocycles. The van der Waals surface area contributed by atoms with Crippen molar-refractivity contribution in [3.63, 3.8) is 0 Å². The Labute approximate surface area is 120 Å². The van der Waals surface area contributed by atoms with Crippen molar-refractivity contribution in [1.82, 2.24) is 0 Å². The van der Waals surface area contributed by atoms with E-state index in [2.05, 4.69) is 42.5 Å². The first-order valence-corrected chi connectivity index (χ1v) is 7.37. The highest BCUT2D eigenvalue weighted by Gasteiger charge is 2.10. The minimum absolute atomic E-state index is 0.708. The predicted molar refractivity (Wildman–Crippen MR) is 82.3 cm³/mol. The smallest absolute Gasteiger partial charge is 0.122 e. The number of benzene rings is 2. The summed E-state index contributed by atoms with van der Waals surface area (Å²) in [6, 6.07) is 15.3. The summed E-state index contributed by atoms with van der Waals surface area (Å²) < 4.78 is 5.67. The largest absolute Gasteiger partial charge is 0.493 e. The molecular weight excluding hydrogens is 246 g/mol. The Hall–Kier alpha value is -1.80. The molecule has 0 aromatic heterocycles. The van der Waals surface area contributed by atoms with Crippen LogP contribution in [-0.4, -0.2) is 13.2 Å². The SMILES string of the molecule is NCCc1cccc(Cc2ccc3c(c2)CCCO3)c1. The molecule has 0 unspecified atom stereocenters. The third kappa shape index (κ3) is 3.02. The summed E-state index contributed by atoms with van der Waals surface area (Å²) >= 11 is 0. The summed E-state index contributed by atoms with van der Waals surface area (Å²) in [5.74, 6) is 1.07. The zero-order valence-corrected chi connectivity index (χ0v) is 11.8. The van der Waals surface area contributed by atoms with Crippen molar-refractivity contribution in [3.05, 3.63) is 64.7 Å². The van der Waals surface area contributed by atoms with Gasteiger partial charge in [0.15, 0.2) is 0 Å². The van der Waals surface area contributed by atoms with E-state index >= 15 is 0 Å². The Morgan fingerprint density at radius 3 is 2.75 bits per heavy atom. The minimum atomic E-state index is 0.708. The number of aryl methyl sites for hydroxylation is 1. The Morgan fingerprint density at radius 1 is 1.00 bits per heavy atom. The third-order valence-electron chi connectivity index (χ3n) is 3.81. The van der Waals surface area contributed by atoms with E-state index in [-0.39, 0.29) is 0 Å². The lowest BCUT2D eigenvalue weighted by Gasteiger charge is -2.18. The van der Waals surface area contributed by atoms with Crippen LogP contribution in [0.15, 0.2) is 42.5 Å². The predicted octanol–water partition coefficient (Wildman–Crippen LogP) is 3.10. The molecule has 1 aliphatic heterocycles. The van der Waals surface area contributed by atoms with Gasteiger partial charge >= 0.3 is 0 Å². The quantitative estimate of drug-likeness (QED) is 0.924. The highest BCUT2D eigenvalue weighted by molar-refractivity contribution is 5.40. The summed E-state index contributed by atoms with van der Waals surface area (Å²) in [4.78, 5) is 0. The fourth-order valence-corrected chi connectivity index (χ4v) is 2.82. The molecule has 2 aromatic rings. The first-order chi connectivity index (χ1) is 9.85. The lowest BCUT2D eigenvalue weighted by molar-refractivity contribution is 0.288. The van der Waals surface area contributed by atoms with Crippen LogP contribution in [0.2, 0.25) is 0 Å². The maximum Gasteiger partial charge on any atom is 0.122 e. The van der Waals surface area contributed by atoms with Gasteiger partial charge < -0.3 is 10.5 Å². The second kappa shape index (κ2) is 6.10. The van der Waals surface area contributed by atoms with Crippen LogP contribution in [0, 0.1) is 0 Å². The van der Waals surface area contributed by atoms with Crippen molar-refractivity contribution >= 4 is 0 Å². The maximum absolute atomic E-state index is 5.67. The third-order valence-corrected chi connectivity index (χ3v) is 3.81. The van der Waals surface area contributed by atoms with Crippen LogP contribution in [0.1, 0.15) is 28.7 Å². The average Bonchev–Trinajstić information content (AvgIpc) is 2.48. The van der Waals surface area contributed by atoms with Crippen molar-refractivity contribution in [2.75, 3.05) is 13.2 Å². The minimum Gasteiger partial charge on any atom is -0.493 e. The molecule has 0 spiro atoms. The number of nitrogens with two attached hydrogens (primary N) is 1. The molecule has 0 radical (unpaired) electrons. The molecule has 2 N–H and O–H groups in total. The van der Waals surface area contributed by atoms with Crippen molar-refractivity contribution < 1.29 is 4.74 Å². The summed E-state index contributed by atoms with van der Waals surface area (Å²) in [5.41, 5.74) is 11.0. The summed E-state index contributed by atoms with van der Waals surface area (Å²) in [7, 11) is 0. The summed E-state index contributed by atoms with van der Waals surface area (Å²) in [6.07, 6.45) is 4.19. The van der Waals surface area contributed by atoms with E-state index in [0.717, 1.165) is 38.0 Å². The monoisotopic (exact) mass is 267 g/mol. The van der Waals surface area contributed by atoms with Gasteiger partial charge in [0.25, 0.3) is 0 Å². The second-order valence-corrected chi connectivity index (χ2v) is 5.43. The van der Waals surface area contributed by atoms with Gasteiger partial charge in [0.2, 0.25) is 0 Å². The Morgan fingerprint density at radius 2 is 1.85 bits per heavy atom. The maximum atomic E-state index is 5.67. The van der Waals surface area contributed by atoms with Crippen LogP contribution in [0.3, 0.4) is 0 Å². The van der Waals surface area contributed by atoms with Crippen LogP contribution >= 0.6 is 0 Å². The van der Waals surface area contributed by atoms with Crippen LogP contribution < -0.4 is 10.5 Å². The van der Waals surface area contributed by atoms with Crippen molar-refractivity contribution in [1.29, 1.82) is 0 Å². The fraction of sp³-hybridized carbons (Fsp3) is 0.333. The van der Waals surface area contributed by atoms with Crippen LogP contribution in [0.5, 0.6) is 5.75 Å². The summed E-state index contributed by atoms with van der Waals surface area (Å²) in [6.45, 7) is 1.56. The Bertz CT molecular complexity index is 592. The van der Waals surface area contributed by atoms with Crippen LogP contribution in [0.25, 0.3) is 0 Å². The van der Waals surface area contributed by atoms with E-state index in [1.54, 1.807) is 0 Å². The van der Waals surface area contributed by atoms with Gasteiger partial charge in [-0.1, -0.05) is 36.4 Å². The van der Waals surface area contributed by atoms with E-state index in [4.69, 9.17) is 10.5 Å². The molecule has 0 atom stereocenters. The highest BCUT2D eigenvalue weighted by atomic mass is 16.5. The molecule has 2 heteroatoms. The van der Waals surface area contributed by atoms with Crippen molar-refractivity contribution in [2.24, 2.45) is 5.73 Å². The van der Waals surface area contributed by atoms with Crippen LogP contribution in [-0.2, 0) is 19.3 Å². The molecule has 20 heavy (non-hydrogen) atoms. The molecule has 104 valence electrons. The average molecular weight is 267 g/mol. The number of rotatable bonds is 4. The van der Waals surface area contributed by atoms with Gasteiger partial charge in [-0.2, -0.15) is 0 Å². The van der Waals surface area contributed by atoms with Crippen LogP contribution in [0.4, 0.5) is 0 Å². The fourth-order valence-electron chi connectivity index (χ4n) is 2.82. The molecule has 2 nitrogen and oxygen atoms in total. The first kappa shape index (κ1) is 13.2. The summed E-state index contributed by atoms with van der Waals surface area (Å²) in [5, 5.41) is 0. The number of hydrogen-bond acceptors (Lipinski definition) is 2. The van der Waals surface area contributed by atoms with Crippen molar-refractivity contribution in [2.45, 2.75) is 25.7 Å². The molecule has 0 bridgehead atoms. The Balaban J connectivity index is 1.78. The van der Waals surface area contributed by atoms with Gasteiger partial charge in [-0.05, 0) is 60.5 Å². The molecule has 3 rings (SSSR count). The van der Waals surface area contributed by atoms with Gasteiger partial charge in [-0.3, -0.25) is 0 Å². The standard InChI is InChI=1S/C18H21NO/c19-9-8-14-3-1-4-15(11-14)12-16-6-7-18-17(13-16)5-2-10-20-18/h1,3-4,6-7,11,13H,2,5,8-10,12,19H2. The first-order valence-electron chi connectivity index (χ1n) is 7.37. The zero-order valence-electron chi connectivity index (χ0n) is 11.8. The molecule has 0 aliphatic carbocycles. The molecular formula is C18H21NO. The number of fused-ring (bicyclic) bond motifs is 1.